The molecule has 0 saturated carbocycles. The highest BCUT2D eigenvalue weighted by Crippen LogP contribution is 2.33. The number of benzene rings is 1. The third kappa shape index (κ3) is 2.92. The molecular formula is C16H21N3O. The Morgan fingerprint density at radius 3 is 2.90 bits per heavy atom. The normalized spacial score (nSPS) is 22.2. The Morgan fingerprint density at radius 2 is 2.15 bits per heavy atom. The molecule has 1 aromatic heterocycles. The van der Waals surface area contributed by atoms with Gasteiger partial charge in [-0.2, -0.15) is 5.10 Å². The second-order valence-corrected chi connectivity index (χ2v) is 5.33. The lowest BCUT2D eigenvalue weighted by Crippen LogP contribution is -2.25. The van der Waals surface area contributed by atoms with Crippen LogP contribution in [0, 0.1) is 5.92 Å². The summed E-state index contributed by atoms with van der Waals surface area (Å²) in [5.74, 6) is 0.547. The molecule has 20 heavy (non-hydrogen) atoms. The molecule has 0 aliphatic carbocycles. The Balaban J connectivity index is 1.56. The first-order chi connectivity index (χ1) is 9.84. The van der Waals surface area contributed by atoms with Crippen LogP contribution in [-0.4, -0.2) is 22.9 Å². The molecule has 1 aliphatic rings. The third-order valence-electron chi connectivity index (χ3n) is 3.98. The number of nitrogens with one attached hydrogen (secondary N) is 1. The fourth-order valence-corrected chi connectivity index (χ4v) is 2.81. The minimum absolute atomic E-state index is 0.232. The second-order valence-electron chi connectivity index (χ2n) is 5.33. The van der Waals surface area contributed by atoms with Gasteiger partial charge in [-0.25, -0.2) is 0 Å². The van der Waals surface area contributed by atoms with E-state index < -0.39 is 0 Å². The predicted octanol–water partition coefficient (Wildman–Crippen LogP) is 2.29. The standard InChI is InChI=1S/C16H21N3O/c1-19-15(7-9-18-19)12-17-11-14-8-10-20-16(14)13-5-3-2-4-6-13/h2-7,9,14,16-17H,8,10-12H2,1H3/t14-,16-/m1/s1. The van der Waals surface area contributed by atoms with Crippen molar-refractivity contribution < 1.29 is 4.74 Å². The van der Waals surface area contributed by atoms with E-state index in [4.69, 9.17) is 4.74 Å². The van der Waals surface area contributed by atoms with Gasteiger partial charge in [0.2, 0.25) is 0 Å². The summed E-state index contributed by atoms with van der Waals surface area (Å²) in [5, 5.41) is 7.71. The molecule has 106 valence electrons. The smallest absolute Gasteiger partial charge is 0.0866 e. The van der Waals surface area contributed by atoms with Gasteiger partial charge in [0, 0.05) is 38.9 Å². The summed E-state index contributed by atoms with van der Waals surface area (Å²) >= 11 is 0. The Bertz CT molecular complexity index is 538. The predicted molar refractivity (Wildman–Crippen MR) is 78.2 cm³/mol. The quantitative estimate of drug-likeness (QED) is 0.907. The van der Waals surface area contributed by atoms with Crippen LogP contribution in [0.2, 0.25) is 0 Å². The van der Waals surface area contributed by atoms with Crippen molar-refractivity contribution in [2.75, 3.05) is 13.2 Å². The lowest BCUT2D eigenvalue weighted by atomic mass is 9.95. The molecular weight excluding hydrogens is 250 g/mol. The number of hydrogen-bond donors (Lipinski definition) is 1. The lowest BCUT2D eigenvalue weighted by molar-refractivity contribution is 0.0904. The van der Waals surface area contributed by atoms with Crippen molar-refractivity contribution in [3.05, 3.63) is 53.9 Å². The molecule has 4 heteroatoms. The molecule has 1 aromatic carbocycles. The zero-order valence-corrected chi connectivity index (χ0v) is 11.8. The summed E-state index contributed by atoms with van der Waals surface area (Å²) in [4.78, 5) is 0. The summed E-state index contributed by atoms with van der Waals surface area (Å²) in [6.45, 7) is 2.69. The molecule has 2 aromatic rings. The van der Waals surface area contributed by atoms with E-state index in [2.05, 4.69) is 34.7 Å². The molecule has 0 bridgehead atoms. The van der Waals surface area contributed by atoms with Crippen molar-refractivity contribution in [2.45, 2.75) is 19.1 Å². The van der Waals surface area contributed by atoms with Crippen LogP contribution in [-0.2, 0) is 18.3 Å². The largest absolute Gasteiger partial charge is 0.373 e. The number of hydrogen-bond acceptors (Lipinski definition) is 3. The molecule has 2 atom stereocenters. The van der Waals surface area contributed by atoms with Crippen molar-refractivity contribution in [3.8, 4) is 0 Å². The summed E-state index contributed by atoms with van der Waals surface area (Å²) in [6.07, 6.45) is 3.19. The van der Waals surface area contributed by atoms with Crippen LogP contribution >= 0.6 is 0 Å². The highest BCUT2D eigenvalue weighted by Gasteiger charge is 2.28. The van der Waals surface area contributed by atoms with E-state index in [-0.39, 0.29) is 6.10 Å². The zero-order valence-electron chi connectivity index (χ0n) is 11.8. The lowest BCUT2D eigenvalue weighted by Gasteiger charge is -2.19. The SMILES string of the molecule is Cn1nccc1CNC[C@H]1CCO[C@@H]1c1ccccc1. The minimum Gasteiger partial charge on any atom is -0.373 e. The molecule has 0 amide bonds. The summed E-state index contributed by atoms with van der Waals surface area (Å²) in [6, 6.07) is 12.6. The first kappa shape index (κ1) is 13.3. The van der Waals surface area contributed by atoms with Gasteiger partial charge in [0.25, 0.3) is 0 Å². The second kappa shape index (κ2) is 6.20. The van der Waals surface area contributed by atoms with Crippen LogP contribution in [0.15, 0.2) is 42.6 Å². The molecule has 3 rings (SSSR count). The average Bonchev–Trinajstić information content (AvgIpc) is 3.10. The maximum absolute atomic E-state index is 5.91. The van der Waals surface area contributed by atoms with E-state index in [1.165, 1.54) is 11.3 Å². The topological polar surface area (TPSA) is 39.1 Å². The zero-order chi connectivity index (χ0) is 13.8. The molecule has 2 heterocycles. The van der Waals surface area contributed by atoms with Crippen molar-refractivity contribution >= 4 is 0 Å². The Morgan fingerprint density at radius 1 is 1.30 bits per heavy atom. The molecule has 1 saturated heterocycles. The van der Waals surface area contributed by atoms with Crippen LogP contribution in [0.3, 0.4) is 0 Å². The van der Waals surface area contributed by atoms with E-state index in [1.54, 1.807) is 0 Å². The van der Waals surface area contributed by atoms with Gasteiger partial charge in [0.1, 0.15) is 0 Å². The Labute approximate surface area is 119 Å². The van der Waals surface area contributed by atoms with Gasteiger partial charge in [0.15, 0.2) is 0 Å². The maximum Gasteiger partial charge on any atom is 0.0866 e. The van der Waals surface area contributed by atoms with Gasteiger partial charge in [-0.15, -0.1) is 0 Å². The fraction of sp³-hybridized carbons (Fsp3) is 0.438. The van der Waals surface area contributed by atoms with Gasteiger partial charge in [0.05, 0.1) is 11.8 Å². The molecule has 1 aliphatic heterocycles. The number of nitrogens with zero attached hydrogens (tertiary/aromatic N) is 2. The van der Waals surface area contributed by atoms with Gasteiger partial charge >= 0.3 is 0 Å². The van der Waals surface area contributed by atoms with Gasteiger partial charge in [-0.05, 0) is 18.1 Å². The summed E-state index contributed by atoms with van der Waals surface area (Å²) < 4.78 is 7.82. The van der Waals surface area contributed by atoms with E-state index in [1.807, 2.05) is 30.1 Å². The number of rotatable bonds is 5. The maximum atomic E-state index is 5.91. The third-order valence-corrected chi connectivity index (χ3v) is 3.98. The van der Waals surface area contributed by atoms with E-state index in [0.717, 1.165) is 26.1 Å². The van der Waals surface area contributed by atoms with Gasteiger partial charge in [-0.1, -0.05) is 30.3 Å². The fourth-order valence-electron chi connectivity index (χ4n) is 2.81. The Kier molecular flexibility index (Phi) is 4.14. The van der Waals surface area contributed by atoms with Crippen molar-refractivity contribution in [1.29, 1.82) is 0 Å². The average molecular weight is 271 g/mol. The first-order valence-electron chi connectivity index (χ1n) is 7.19. The molecule has 0 spiro atoms. The van der Waals surface area contributed by atoms with E-state index in [0.29, 0.717) is 5.92 Å². The van der Waals surface area contributed by atoms with Crippen molar-refractivity contribution in [2.24, 2.45) is 13.0 Å². The monoisotopic (exact) mass is 271 g/mol. The molecule has 1 N–H and O–H groups in total. The molecule has 0 unspecified atom stereocenters. The number of aromatic nitrogens is 2. The van der Waals surface area contributed by atoms with Gasteiger partial charge < -0.3 is 10.1 Å². The highest BCUT2D eigenvalue weighted by atomic mass is 16.5. The summed E-state index contributed by atoms with van der Waals surface area (Å²) in [5.41, 5.74) is 2.50. The Hall–Kier alpha value is -1.65. The molecule has 4 nitrogen and oxygen atoms in total. The number of ether oxygens (including phenoxy) is 1. The van der Waals surface area contributed by atoms with E-state index >= 15 is 0 Å². The number of aryl methyl sites for hydroxylation is 1. The first-order valence-corrected chi connectivity index (χ1v) is 7.19. The van der Waals surface area contributed by atoms with E-state index in [9.17, 15) is 0 Å². The summed E-state index contributed by atoms with van der Waals surface area (Å²) in [7, 11) is 1.97. The van der Waals surface area contributed by atoms with Crippen LogP contribution in [0.25, 0.3) is 0 Å². The van der Waals surface area contributed by atoms with Crippen LogP contribution < -0.4 is 5.32 Å². The van der Waals surface area contributed by atoms with Crippen LogP contribution in [0.5, 0.6) is 0 Å². The van der Waals surface area contributed by atoms with Crippen LogP contribution in [0.4, 0.5) is 0 Å². The highest BCUT2D eigenvalue weighted by molar-refractivity contribution is 5.19. The van der Waals surface area contributed by atoms with Crippen molar-refractivity contribution in [1.82, 2.24) is 15.1 Å². The minimum atomic E-state index is 0.232. The molecule has 1 fully saturated rings. The van der Waals surface area contributed by atoms with Crippen molar-refractivity contribution in [3.63, 3.8) is 0 Å². The van der Waals surface area contributed by atoms with Gasteiger partial charge in [-0.3, -0.25) is 4.68 Å². The van der Waals surface area contributed by atoms with Crippen LogP contribution in [0.1, 0.15) is 23.8 Å². The molecule has 0 radical (unpaired) electrons.